The number of fused-ring (bicyclic) bond motifs is 1. The molecule has 1 amide bonds. The van der Waals surface area contributed by atoms with E-state index in [0.29, 0.717) is 26.1 Å². The lowest BCUT2D eigenvalue weighted by Gasteiger charge is -2.21. The van der Waals surface area contributed by atoms with Gasteiger partial charge in [-0.1, -0.05) is 28.1 Å². The molecule has 0 bridgehead atoms. The molecule has 9 nitrogen and oxygen atoms in total. The summed E-state index contributed by atoms with van der Waals surface area (Å²) >= 11 is 3.48. The van der Waals surface area contributed by atoms with Crippen molar-refractivity contribution in [2.45, 2.75) is 31.7 Å². The lowest BCUT2D eigenvalue weighted by atomic mass is 10.1. The van der Waals surface area contributed by atoms with E-state index in [-0.39, 0.29) is 31.2 Å². The number of halogens is 3. The monoisotopic (exact) mass is 590 g/mol. The second-order valence-electron chi connectivity index (χ2n) is 8.78. The highest BCUT2D eigenvalue weighted by Gasteiger charge is 2.20. The molecule has 202 valence electrons. The minimum Gasteiger partial charge on any atom is -0.389 e. The molecule has 0 spiro atoms. The van der Waals surface area contributed by atoms with Gasteiger partial charge in [-0.15, -0.1) is 0 Å². The van der Waals surface area contributed by atoms with E-state index in [9.17, 15) is 18.7 Å². The van der Waals surface area contributed by atoms with E-state index in [1.165, 1.54) is 23.4 Å². The average Bonchev–Trinajstić information content (AvgIpc) is 3.55. The number of aliphatic hydroxyl groups is 1. The van der Waals surface area contributed by atoms with E-state index < -0.39 is 23.8 Å². The maximum Gasteiger partial charge on any atom is 0.221 e. The third-order valence-electron chi connectivity index (χ3n) is 5.94. The molecule has 0 aliphatic rings. The molecular weight excluding hydrogens is 562 g/mol. The number of carbonyl (C=O) groups is 1. The van der Waals surface area contributed by atoms with Crippen LogP contribution in [0.4, 0.5) is 8.78 Å². The third kappa shape index (κ3) is 7.90. The van der Waals surface area contributed by atoms with Crippen LogP contribution < -0.4 is 10.6 Å². The number of nitrogens with zero attached hydrogens (tertiary/aromatic N) is 4. The lowest BCUT2D eigenvalue weighted by molar-refractivity contribution is -0.121. The van der Waals surface area contributed by atoms with Crippen LogP contribution in [-0.4, -0.2) is 62.7 Å². The number of rotatable bonds is 14. The largest absolute Gasteiger partial charge is 0.389 e. The Labute approximate surface area is 226 Å². The van der Waals surface area contributed by atoms with Crippen LogP contribution in [0.15, 0.2) is 65.8 Å². The van der Waals surface area contributed by atoms with Gasteiger partial charge in [0.2, 0.25) is 5.91 Å². The van der Waals surface area contributed by atoms with Gasteiger partial charge in [0.25, 0.3) is 0 Å². The summed E-state index contributed by atoms with van der Waals surface area (Å²) in [5, 5.41) is 21.4. The Morgan fingerprint density at radius 2 is 2.03 bits per heavy atom. The molecule has 0 aliphatic carbocycles. The fourth-order valence-electron chi connectivity index (χ4n) is 4.01. The van der Waals surface area contributed by atoms with Crippen molar-refractivity contribution in [2.24, 2.45) is 0 Å². The van der Waals surface area contributed by atoms with Crippen LogP contribution in [0.3, 0.4) is 0 Å². The number of carbonyl (C=O) groups excluding carboxylic acids is 1. The first-order chi connectivity index (χ1) is 18.4. The van der Waals surface area contributed by atoms with Gasteiger partial charge in [0.15, 0.2) is 0 Å². The van der Waals surface area contributed by atoms with E-state index >= 15 is 0 Å². The molecule has 2 atom stereocenters. The highest BCUT2D eigenvalue weighted by Crippen LogP contribution is 2.24. The van der Waals surface area contributed by atoms with Gasteiger partial charge in [-0.05, 0) is 29.7 Å². The molecule has 0 saturated carbocycles. The summed E-state index contributed by atoms with van der Waals surface area (Å²) in [5.74, 6) is -1.49. The fraction of sp³-hybridized carbons (Fsp3) is 0.346. The SMILES string of the molecule is O=C(CCn1ccc2ccc(Br)cc21)NCCNCC(O)COC(Cn1cncn1)c1ccc(F)cc1F. The summed E-state index contributed by atoms with van der Waals surface area (Å²) in [4.78, 5) is 16.1. The molecule has 38 heavy (non-hydrogen) atoms. The highest BCUT2D eigenvalue weighted by atomic mass is 79.9. The Morgan fingerprint density at radius 1 is 1.16 bits per heavy atom. The highest BCUT2D eigenvalue weighted by molar-refractivity contribution is 9.10. The van der Waals surface area contributed by atoms with E-state index in [0.717, 1.165) is 27.5 Å². The Bertz CT molecular complexity index is 1330. The first-order valence-electron chi connectivity index (χ1n) is 12.2. The summed E-state index contributed by atoms with van der Waals surface area (Å²) < 4.78 is 38.0. The van der Waals surface area contributed by atoms with Crippen LogP contribution in [0, 0.1) is 11.6 Å². The minimum absolute atomic E-state index is 0.0650. The third-order valence-corrected chi connectivity index (χ3v) is 6.43. The molecule has 0 radical (unpaired) electrons. The summed E-state index contributed by atoms with van der Waals surface area (Å²) in [6.07, 6.45) is 3.44. The fourth-order valence-corrected chi connectivity index (χ4v) is 4.36. The van der Waals surface area contributed by atoms with Gasteiger partial charge in [-0.3, -0.25) is 9.48 Å². The van der Waals surface area contributed by atoms with Crippen LogP contribution >= 0.6 is 15.9 Å². The van der Waals surface area contributed by atoms with E-state index in [1.807, 2.05) is 35.0 Å². The molecule has 3 N–H and O–H groups in total. The number of hydrogen-bond donors (Lipinski definition) is 3. The number of nitrogens with one attached hydrogen (secondary N) is 2. The van der Waals surface area contributed by atoms with Crippen molar-refractivity contribution < 1.29 is 23.4 Å². The number of hydrogen-bond acceptors (Lipinski definition) is 6. The first kappa shape index (κ1) is 27.8. The van der Waals surface area contributed by atoms with Gasteiger partial charge in [0.05, 0.1) is 19.3 Å². The van der Waals surface area contributed by atoms with Crippen molar-refractivity contribution in [1.29, 1.82) is 0 Å². The Kier molecular flexibility index (Phi) is 9.93. The number of aliphatic hydroxyl groups excluding tert-OH is 1. The van der Waals surface area contributed by atoms with Crippen molar-refractivity contribution in [3.8, 4) is 0 Å². The second kappa shape index (κ2) is 13.6. The zero-order valence-electron chi connectivity index (χ0n) is 20.6. The van der Waals surface area contributed by atoms with Crippen molar-refractivity contribution in [3.63, 3.8) is 0 Å². The van der Waals surface area contributed by atoms with Crippen LogP contribution in [0.25, 0.3) is 10.9 Å². The number of aryl methyl sites for hydroxylation is 1. The van der Waals surface area contributed by atoms with E-state index in [4.69, 9.17) is 4.74 Å². The lowest BCUT2D eigenvalue weighted by Crippen LogP contribution is -2.37. The molecule has 4 rings (SSSR count). The summed E-state index contributed by atoms with van der Waals surface area (Å²) in [6, 6.07) is 11.3. The topological polar surface area (TPSA) is 106 Å². The standard InChI is InChI=1S/C26H29BrF2N6O3/c27-19-2-1-18-5-9-34(24(18)11-19)10-6-26(37)32-8-7-30-13-21(36)15-38-25(14-35-17-31-16-33-35)22-4-3-20(28)12-23(22)29/h1-5,9,11-12,16-17,21,25,30,36H,6-8,10,13-15H2,(H,32,37). The zero-order chi connectivity index (χ0) is 26.9. The normalized spacial score (nSPS) is 13.1. The molecular formula is C26H29BrF2N6O3. The van der Waals surface area contributed by atoms with Gasteiger partial charge in [-0.2, -0.15) is 5.10 Å². The van der Waals surface area contributed by atoms with Crippen molar-refractivity contribution in [1.82, 2.24) is 30.0 Å². The van der Waals surface area contributed by atoms with Crippen molar-refractivity contribution in [3.05, 3.63) is 83.0 Å². The van der Waals surface area contributed by atoms with E-state index in [2.05, 4.69) is 36.6 Å². The number of aromatic nitrogens is 4. The predicted molar refractivity (Wildman–Crippen MR) is 141 cm³/mol. The minimum atomic E-state index is -0.881. The van der Waals surface area contributed by atoms with Crippen molar-refractivity contribution >= 4 is 32.7 Å². The zero-order valence-corrected chi connectivity index (χ0v) is 22.2. The van der Waals surface area contributed by atoms with Crippen LogP contribution in [0.1, 0.15) is 18.1 Å². The van der Waals surface area contributed by atoms with E-state index in [1.54, 1.807) is 0 Å². The van der Waals surface area contributed by atoms with Gasteiger partial charge in [0, 0.05) is 60.4 Å². The number of amides is 1. The van der Waals surface area contributed by atoms with Crippen LogP contribution in [-0.2, 0) is 22.6 Å². The molecule has 12 heteroatoms. The Balaban J connectivity index is 1.15. The maximum atomic E-state index is 14.3. The predicted octanol–water partition coefficient (Wildman–Crippen LogP) is 3.19. The van der Waals surface area contributed by atoms with Crippen LogP contribution in [0.5, 0.6) is 0 Å². The van der Waals surface area contributed by atoms with Crippen LogP contribution in [0.2, 0.25) is 0 Å². The van der Waals surface area contributed by atoms with Gasteiger partial charge in [-0.25, -0.2) is 13.8 Å². The molecule has 0 saturated heterocycles. The Morgan fingerprint density at radius 3 is 2.82 bits per heavy atom. The molecule has 2 aromatic carbocycles. The average molecular weight is 591 g/mol. The van der Waals surface area contributed by atoms with Gasteiger partial charge >= 0.3 is 0 Å². The molecule has 0 fully saturated rings. The second-order valence-corrected chi connectivity index (χ2v) is 9.69. The summed E-state index contributed by atoms with van der Waals surface area (Å²) in [7, 11) is 0. The van der Waals surface area contributed by atoms with Gasteiger partial charge < -0.3 is 25.0 Å². The van der Waals surface area contributed by atoms with Crippen molar-refractivity contribution in [2.75, 3.05) is 26.2 Å². The molecule has 2 heterocycles. The maximum absolute atomic E-state index is 14.3. The number of benzene rings is 2. The molecule has 0 aliphatic heterocycles. The quantitative estimate of drug-likeness (QED) is 0.195. The summed E-state index contributed by atoms with van der Waals surface area (Å²) in [5.41, 5.74) is 1.22. The molecule has 2 unspecified atom stereocenters. The smallest absolute Gasteiger partial charge is 0.221 e. The first-order valence-corrected chi connectivity index (χ1v) is 13.0. The number of ether oxygens (including phenoxy) is 1. The van der Waals surface area contributed by atoms with Gasteiger partial charge in [0.1, 0.15) is 30.4 Å². The Hall–Kier alpha value is -3.19. The molecule has 4 aromatic rings. The summed E-state index contributed by atoms with van der Waals surface area (Å²) in [6.45, 7) is 1.69. The molecule has 2 aromatic heterocycles.